The first-order chi connectivity index (χ1) is 6.29. The van der Waals surface area contributed by atoms with E-state index in [1.54, 1.807) is 0 Å². The van der Waals surface area contributed by atoms with Gasteiger partial charge in [-0.25, -0.2) is 0 Å². The molecule has 0 aromatic heterocycles. The Bertz CT molecular complexity index is 319. The number of nitrogens with two attached hydrogens (primary N) is 1. The van der Waals surface area contributed by atoms with Gasteiger partial charge in [-0.3, -0.25) is 0 Å². The van der Waals surface area contributed by atoms with Crippen LogP contribution in [0.4, 0.5) is 0 Å². The predicted octanol–water partition coefficient (Wildman–Crippen LogP) is 2.74. The van der Waals surface area contributed by atoms with Crippen LogP contribution in [0.25, 0.3) is 0 Å². The molecular weight excluding hydrogens is 242 g/mol. The molecule has 0 saturated heterocycles. The molecule has 0 unspecified atom stereocenters. The summed E-state index contributed by atoms with van der Waals surface area (Å²) in [4.78, 5) is 0. The predicted molar refractivity (Wildman–Crippen MR) is 62.5 cm³/mol. The first-order valence-electron chi connectivity index (χ1n) is 4.56. The van der Waals surface area contributed by atoms with E-state index in [0.717, 1.165) is 22.0 Å². The van der Waals surface area contributed by atoms with Crippen LogP contribution >= 0.6 is 15.9 Å². The molecule has 0 saturated carbocycles. The maximum absolute atomic E-state index is 9.55. The van der Waals surface area contributed by atoms with Crippen LogP contribution in [0.3, 0.4) is 0 Å². The summed E-state index contributed by atoms with van der Waals surface area (Å²) in [6.07, 6.45) is 0.798. The standard InChI is InChI=1S/C11H16BrNO/c1-7-4-8(6-11(2,3)13)5-9(12)10(7)14/h4-5,14H,6,13H2,1-3H3. The molecule has 0 amide bonds. The van der Waals surface area contributed by atoms with Crippen LogP contribution in [0.5, 0.6) is 5.75 Å². The Morgan fingerprint density at radius 2 is 2.00 bits per heavy atom. The molecule has 1 aromatic rings. The van der Waals surface area contributed by atoms with E-state index in [9.17, 15) is 5.11 Å². The van der Waals surface area contributed by atoms with Crippen molar-refractivity contribution in [3.05, 3.63) is 27.7 Å². The summed E-state index contributed by atoms with van der Waals surface area (Å²) in [5, 5.41) is 9.55. The molecule has 0 aliphatic carbocycles. The van der Waals surface area contributed by atoms with Crippen molar-refractivity contribution in [2.45, 2.75) is 32.7 Å². The van der Waals surface area contributed by atoms with Crippen molar-refractivity contribution in [3.63, 3.8) is 0 Å². The van der Waals surface area contributed by atoms with E-state index >= 15 is 0 Å². The molecule has 1 rings (SSSR count). The molecule has 0 heterocycles. The van der Waals surface area contributed by atoms with Crippen LogP contribution in [0, 0.1) is 6.92 Å². The van der Waals surface area contributed by atoms with E-state index in [4.69, 9.17) is 5.73 Å². The van der Waals surface area contributed by atoms with Gasteiger partial charge in [-0.15, -0.1) is 0 Å². The van der Waals surface area contributed by atoms with Crippen molar-refractivity contribution >= 4 is 15.9 Å². The van der Waals surface area contributed by atoms with Crippen LogP contribution in [-0.2, 0) is 6.42 Å². The van der Waals surface area contributed by atoms with E-state index in [0.29, 0.717) is 5.75 Å². The lowest BCUT2D eigenvalue weighted by Crippen LogP contribution is -2.34. The average Bonchev–Trinajstić information content (AvgIpc) is 1.96. The van der Waals surface area contributed by atoms with E-state index < -0.39 is 0 Å². The smallest absolute Gasteiger partial charge is 0.132 e. The molecule has 2 nitrogen and oxygen atoms in total. The van der Waals surface area contributed by atoms with Gasteiger partial charge in [0.25, 0.3) is 0 Å². The largest absolute Gasteiger partial charge is 0.506 e. The molecule has 0 spiro atoms. The Balaban J connectivity index is 3.02. The second-order valence-corrected chi connectivity index (χ2v) is 5.26. The number of aryl methyl sites for hydroxylation is 1. The van der Waals surface area contributed by atoms with Gasteiger partial charge in [0.1, 0.15) is 5.75 Å². The van der Waals surface area contributed by atoms with Gasteiger partial charge in [-0.05, 0) is 60.3 Å². The van der Waals surface area contributed by atoms with E-state index in [1.807, 2.05) is 32.9 Å². The minimum absolute atomic E-state index is 0.219. The number of rotatable bonds is 2. The maximum Gasteiger partial charge on any atom is 0.132 e. The summed E-state index contributed by atoms with van der Waals surface area (Å²) in [6.45, 7) is 5.86. The highest BCUT2D eigenvalue weighted by molar-refractivity contribution is 9.10. The van der Waals surface area contributed by atoms with Gasteiger partial charge in [0.15, 0.2) is 0 Å². The summed E-state index contributed by atoms with van der Waals surface area (Å²) in [5.41, 5.74) is 7.72. The summed E-state index contributed by atoms with van der Waals surface area (Å²) < 4.78 is 0.733. The first kappa shape index (κ1) is 11.5. The molecule has 0 atom stereocenters. The van der Waals surface area contributed by atoms with Gasteiger partial charge in [0.2, 0.25) is 0 Å². The fraction of sp³-hybridized carbons (Fsp3) is 0.455. The Morgan fingerprint density at radius 3 is 2.43 bits per heavy atom. The first-order valence-corrected chi connectivity index (χ1v) is 5.36. The highest BCUT2D eigenvalue weighted by Gasteiger charge is 2.13. The van der Waals surface area contributed by atoms with Gasteiger partial charge in [-0.1, -0.05) is 6.07 Å². The minimum Gasteiger partial charge on any atom is -0.506 e. The number of aromatic hydroxyl groups is 1. The van der Waals surface area contributed by atoms with Crippen molar-refractivity contribution in [2.24, 2.45) is 5.73 Å². The SMILES string of the molecule is Cc1cc(CC(C)(C)N)cc(Br)c1O. The summed E-state index contributed by atoms with van der Waals surface area (Å²) in [5.74, 6) is 0.309. The molecule has 14 heavy (non-hydrogen) atoms. The second-order valence-electron chi connectivity index (χ2n) is 4.41. The highest BCUT2D eigenvalue weighted by Crippen LogP contribution is 2.29. The molecule has 0 aliphatic rings. The molecular formula is C11H16BrNO. The molecule has 0 fully saturated rings. The zero-order chi connectivity index (χ0) is 10.9. The van der Waals surface area contributed by atoms with Crippen molar-refractivity contribution < 1.29 is 5.11 Å². The quantitative estimate of drug-likeness (QED) is 0.856. The van der Waals surface area contributed by atoms with Crippen molar-refractivity contribution in [1.82, 2.24) is 0 Å². The van der Waals surface area contributed by atoms with E-state index in [1.165, 1.54) is 0 Å². The van der Waals surface area contributed by atoms with Gasteiger partial charge in [0.05, 0.1) is 4.47 Å². The lowest BCUT2D eigenvalue weighted by atomic mass is 9.95. The van der Waals surface area contributed by atoms with Crippen molar-refractivity contribution in [1.29, 1.82) is 0 Å². The van der Waals surface area contributed by atoms with Gasteiger partial charge < -0.3 is 10.8 Å². The summed E-state index contributed by atoms with van der Waals surface area (Å²) in [6, 6.07) is 3.88. The molecule has 1 aromatic carbocycles. The van der Waals surface area contributed by atoms with Crippen LogP contribution in [0.2, 0.25) is 0 Å². The number of phenolic OH excluding ortho intramolecular Hbond substituents is 1. The Labute approximate surface area is 93.3 Å². The molecule has 0 bridgehead atoms. The lowest BCUT2D eigenvalue weighted by Gasteiger charge is -2.19. The van der Waals surface area contributed by atoms with Crippen LogP contribution in [0.15, 0.2) is 16.6 Å². The third-order valence-electron chi connectivity index (χ3n) is 1.97. The number of benzene rings is 1. The number of phenols is 1. The minimum atomic E-state index is -0.219. The van der Waals surface area contributed by atoms with Crippen LogP contribution < -0.4 is 5.73 Å². The Kier molecular flexibility index (Phi) is 3.22. The molecule has 3 heteroatoms. The number of hydrogen-bond acceptors (Lipinski definition) is 2. The lowest BCUT2D eigenvalue weighted by molar-refractivity contribution is 0.466. The third-order valence-corrected chi connectivity index (χ3v) is 2.58. The number of hydrogen-bond donors (Lipinski definition) is 2. The second kappa shape index (κ2) is 3.91. The van der Waals surface area contributed by atoms with E-state index in [-0.39, 0.29) is 5.54 Å². The summed E-state index contributed by atoms with van der Waals surface area (Å²) in [7, 11) is 0. The average molecular weight is 258 g/mol. The van der Waals surface area contributed by atoms with Gasteiger partial charge in [-0.2, -0.15) is 0 Å². The molecule has 0 aliphatic heterocycles. The molecule has 3 N–H and O–H groups in total. The van der Waals surface area contributed by atoms with Crippen molar-refractivity contribution in [3.8, 4) is 5.75 Å². The van der Waals surface area contributed by atoms with E-state index in [2.05, 4.69) is 15.9 Å². The molecule has 0 radical (unpaired) electrons. The highest BCUT2D eigenvalue weighted by atomic mass is 79.9. The van der Waals surface area contributed by atoms with Crippen LogP contribution in [-0.4, -0.2) is 10.6 Å². The third kappa shape index (κ3) is 3.00. The monoisotopic (exact) mass is 257 g/mol. The number of halogens is 1. The Hall–Kier alpha value is -0.540. The zero-order valence-electron chi connectivity index (χ0n) is 8.76. The normalized spacial score (nSPS) is 11.8. The van der Waals surface area contributed by atoms with Gasteiger partial charge in [0, 0.05) is 5.54 Å². The van der Waals surface area contributed by atoms with Crippen molar-refractivity contribution in [2.75, 3.05) is 0 Å². The summed E-state index contributed by atoms with van der Waals surface area (Å²) >= 11 is 3.31. The zero-order valence-corrected chi connectivity index (χ0v) is 10.4. The molecule has 78 valence electrons. The topological polar surface area (TPSA) is 46.2 Å². The van der Waals surface area contributed by atoms with Crippen LogP contribution in [0.1, 0.15) is 25.0 Å². The maximum atomic E-state index is 9.55. The fourth-order valence-electron chi connectivity index (χ4n) is 1.44. The Morgan fingerprint density at radius 1 is 1.43 bits per heavy atom. The fourth-order valence-corrected chi connectivity index (χ4v) is 2.04. The van der Waals surface area contributed by atoms with Gasteiger partial charge >= 0.3 is 0 Å².